The number of hydrogen-bond donors (Lipinski definition) is 1. The summed E-state index contributed by atoms with van der Waals surface area (Å²) in [6, 6.07) is 11.2. The van der Waals surface area contributed by atoms with E-state index in [0.29, 0.717) is 18.9 Å². The van der Waals surface area contributed by atoms with Crippen molar-refractivity contribution >= 4 is 18.5 Å². The molecule has 0 fully saturated rings. The zero-order valence-corrected chi connectivity index (χ0v) is 15.3. The molecular weight excluding hydrogens is 276 g/mol. The summed E-state index contributed by atoms with van der Waals surface area (Å²) in [7, 11) is 2.16. The molecular formula is C18H34N2O2. The highest BCUT2D eigenvalue weighted by atomic mass is 16.2. The van der Waals surface area contributed by atoms with Gasteiger partial charge in [-0.1, -0.05) is 59.2 Å². The molecule has 0 radical (unpaired) electrons. The molecule has 1 N–H and O–H groups in total. The van der Waals surface area contributed by atoms with Crippen LogP contribution in [0.2, 0.25) is 0 Å². The van der Waals surface area contributed by atoms with Crippen molar-refractivity contribution in [2.24, 2.45) is 0 Å². The Balaban J connectivity index is -0.000000338. The molecule has 22 heavy (non-hydrogen) atoms. The van der Waals surface area contributed by atoms with Gasteiger partial charge in [-0.3, -0.25) is 9.59 Å². The number of nitrogens with one attached hydrogen (secondary N) is 1. The first-order valence-corrected chi connectivity index (χ1v) is 8.08. The lowest BCUT2D eigenvalue weighted by Crippen LogP contribution is -2.28. The summed E-state index contributed by atoms with van der Waals surface area (Å²) in [5.74, 6) is 0. The second-order valence-corrected chi connectivity index (χ2v) is 3.99. The molecule has 0 aliphatic heterocycles. The van der Waals surface area contributed by atoms with Crippen molar-refractivity contribution in [1.29, 1.82) is 0 Å². The molecule has 4 nitrogen and oxygen atoms in total. The number of nitrogens with zero attached hydrogens (tertiary/aromatic N) is 1. The summed E-state index contributed by atoms with van der Waals surface area (Å²) >= 11 is 0. The minimum atomic E-state index is 0.312. The maximum Gasteiger partial charge on any atom is 0.213 e. The van der Waals surface area contributed by atoms with Crippen molar-refractivity contribution in [1.82, 2.24) is 5.32 Å². The van der Waals surface area contributed by atoms with Crippen molar-refractivity contribution in [2.45, 2.75) is 60.4 Å². The van der Waals surface area contributed by atoms with Crippen LogP contribution in [-0.2, 0) is 9.59 Å². The Hall–Kier alpha value is -1.84. The highest BCUT2D eigenvalue weighted by molar-refractivity contribution is 5.67. The normalized spacial score (nSPS) is 9.23. The number of carbonyl (C=O) groups is 2. The van der Waals surface area contributed by atoms with E-state index in [2.05, 4.69) is 56.1 Å². The monoisotopic (exact) mass is 310 g/mol. The summed E-state index contributed by atoms with van der Waals surface area (Å²) in [5.41, 5.74) is 1.31. The van der Waals surface area contributed by atoms with Crippen molar-refractivity contribution < 1.29 is 9.59 Å². The van der Waals surface area contributed by atoms with Crippen LogP contribution in [0.5, 0.6) is 0 Å². The van der Waals surface area contributed by atoms with Gasteiger partial charge < -0.3 is 10.2 Å². The number of para-hydroxylation sites is 1. The number of hydrogen-bond acceptors (Lipinski definition) is 3. The summed E-state index contributed by atoms with van der Waals surface area (Å²) in [6.45, 7) is 12.5. The summed E-state index contributed by atoms with van der Waals surface area (Å²) in [5, 5.41) is 1.75. The largest absolute Gasteiger partial charge is 0.372 e. The van der Waals surface area contributed by atoms with Crippen molar-refractivity contribution in [2.75, 3.05) is 11.9 Å². The zero-order valence-electron chi connectivity index (χ0n) is 15.3. The van der Waals surface area contributed by atoms with E-state index < -0.39 is 0 Å². The standard InChI is InChI=1S/C12H19N.C2H3NO2.2C2H6/c1-4-8-11(2)13(3)12-9-6-5-7-10-12;4-1-3-2-5;2*1-2/h5-7,9-11H,4,8H2,1-3H3;1-2H,(H,3,4,5);2*1-2H3. The third kappa shape index (κ3) is 14.6. The highest BCUT2D eigenvalue weighted by Crippen LogP contribution is 2.16. The first-order chi connectivity index (χ1) is 10.7. The third-order valence-electron chi connectivity index (χ3n) is 2.67. The molecule has 0 saturated carbocycles. The van der Waals surface area contributed by atoms with Gasteiger partial charge in [-0.25, -0.2) is 0 Å². The first kappa shape index (κ1) is 25.1. The van der Waals surface area contributed by atoms with Gasteiger partial charge in [0.25, 0.3) is 0 Å². The number of carbonyl (C=O) groups excluding carboxylic acids is 2. The molecule has 1 atom stereocenters. The van der Waals surface area contributed by atoms with Crippen LogP contribution in [-0.4, -0.2) is 25.9 Å². The molecule has 0 aliphatic carbocycles. The predicted molar refractivity (Wildman–Crippen MR) is 97.2 cm³/mol. The van der Waals surface area contributed by atoms with Gasteiger partial charge >= 0.3 is 0 Å². The lowest BCUT2D eigenvalue weighted by molar-refractivity contribution is -0.117. The molecule has 1 unspecified atom stereocenters. The van der Waals surface area contributed by atoms with Crippen LogP contribution < -0.4 is 10.2 Å². The molecule has 1 aromatic rings. The number of anilines is 1. The topological polar surface area (TPSA) is 49.4 Å². The van der Waals surface area contributed by atoms with Gasteiger partial charge in [0, 0.05) is 18.8 Å². The molecule has 0 saturated heterocycles. The Morgan fingerprint density at radius 2 is 1.50 bits per heavy atom. The van der Waals surface area contributed by atoms with E-state index in [-0.39, 0.29) is 0 Å². The maximum absolute atomic E-state index is 9.06. The minimum Gasteiger partial charge on any atom is -0.372 e. The lowest BCUT2D eigenvalue weighted by Gasteiger charge is -2.26. The molecule has 4 heteroatoms. The molecule has 2 amide bonds. The SMILES string of the molecule is CC.CC.CCCC(C)N(C)c1ccccc1.O=CNC=O. The third-order valence-corrected chi connectivity index (χ3v) is 2.67. The molecule has 0 aromatic heterocycles. The van der Waals surface area contributed by atoms with E-state index in [1.54, 1.807) is 5.32 Å². The van der Waals surface area contributed by atoms with Crippen LogP contribution >= 0.6 is 0 Å². The van der Waals surface area contributed by atoms with Crippen LogP contribution in [0.1, 0.15) is 54.4 Å². The second kappa shape index (κ2) is 21.5. The van der Waals surface area contributed by atoms with E-state index >= 15 is 0 Å². The Morgan fingerprint density at radius 1 is 1.05 bits per heavy atom. The van der Waals surface area contributed by atoms with Crippen LogP contribution in [0.3, 0.4) is 0 Å². The molecule has 0 bridgehead atoms. The van der Waals surface area contributed by atoms with E-state index in [1.165, 1.54) is 18.5 Å². The Morgan fingerprint density at radius 3 is 1.82 bits per heavy atom. The molecule has 0 heterocycles. The van der Waals surface area contributed by atoms with Gasteiger partial charge in [-0.2, -0.15) is 0 Å². The smallest absolute Gasteiger partial charge is 0.213 e. The number of imide groups is 1. The Labute approximate surface area is 136 Å². The quantitative estimate of drug-likeness (QED) is 0.799. The van der Waals surface area contributed by atoms with Gasteiger partial charge in [0.15, 0.2) is 0 Å². The van der Waals surface area contributed by atoms with Gasteiger partial charge in [-0.05, 0) is 25.5 Å². The average Bonchev–Trinajstić information content (AvgIpc) is 2.60. The predicted octanol–water partition coefficient (Wildman–Crippen LogP) is 4.25. The molecule has 1 aromatic carbocycles. The number of benzene rings is 1. The average molecular weight is 310 g/mol. The maximum atomic E-state index is 9.06. The van der Waals surface area contributed by atoms with E-state index in [1.807, 2.05) is 27.7 Å². The summed E-state index contributed by atoms with van der Waals surface area (Å²) < 4.78 is 0. The fraction of sp³-hybridized carbons (Fsp3) is 0.556. The van der Waals surface area contributed by atoms with Gasteiger partial charge in [0.2, 0.25) is 12.8 Å². The lowest BCUT2D eigenvalue weighted by atomic mass is 10.1. The molecule has 128 valence electrons. The molecule has 1 rings (SSSR count). The van der Waals surface area contributed by atoms with E-state index in [9.17, 15) is 0 Å². The van der Waals surface area contributed by atoms with Crippen LogP contribution in [0.15, 0.2) is 30.3 Å². The molecule has 0 spiro atoms. The van der Waals surface area contributed by atoms with Gasteiger partial charge in [0.1, 0.15) is 0 Å². The summed E-state index contributed by atoms with van der Waals surface area (Å²) in [4.78, 5) is 20.5. The second-order valence-electron chi connectivity index (χ2n) is 3.99. The van der Waals surface area contributed by atoms with E-state index in [0.717, 1.165) is 0 Å². The Bertz CT molecular complexity index is 323. The highest BCUT2D eigenvalue weighted by Gasteiger charge is 2.07. The minimum absolute atomic E-state index is 0.312. The number of amides is 2. The van der Waals surface area contributed by atoms with Gasteiger partial charge in [-0.15, -0.1) is 0 Å². The zero-order chi connectivity index (χ0) is 17.8. The first-order valence-electron chi connectivity index (χ1n) is 8.08. The van der Waals surface area contributed by atoms with Crippen LogP contribution in [0.25, 0.3) is 0 Å². The summed E-state index contributed by atoms with van der Waals surface area (Å²) in [6.07, 6.45) is 3.13. The molecule has 0 aliphatic rings. The van der Waals surface area contributed by atoms with Crippen molar-refractivity contribution in [3.8, 4) is 0 Å². The van der Waals surface area contributed by atoms with E-state index in [4.69, 9.17) is 9.59 Å². The van der Waals surface area contributed by atoms with Gasteiger partial charge in [0.05, 0.1) is 0 Å². The van der Waals surface area contributed by atoms with Crippen molar-refractivity contribution in [3.05, 3.63) is 30.3 Å². The number of rotatable bonds is 6. The van der Waals surface area contributed by atoms with Crippen LogP contribution in [0.4, 0.5) is 5.69 Å². The van der Waals surface area contributed by atoms with Crippen LogP contribution in [0, 0.1) is 0 Å². The fourth-order valence-corrected chi connectivity index (χ4v) is 1.56. The van der Waals surface area contributed by atoms with Crippen molar-refractivity contribution in [3.63, 3.8) is 0 Å². The fourth-order valence-electron chi connectivity index (χ4n) is 1.56. The Kier molecular flexibility index (Phi) is 24.5.